The van der Waals surface area contributed by atoms with Crippen LogP contribution in [0.15, 0.2) is 54.1 Å². The van der Waals surface area contributed by atoms with E-state index in [1.807, 2.05) is 13.8 Å². The van der Waals surface area contributed by atoms with Crippen molar-refractivity contribution in [1.82, 2.24) is 0 Å². The van der Waals surface area contributed by atoms with Crippen LogP contribution in [0.4, 0.5) is 8.78 Å². The van der Waals surface area contributed by atoms with E-state index in [1.54, 1.807) is 6.08 Å². The van der Waals surface area contributed by atoms with E-state index in [0.29, 0.717) is 0 Å². The fraction of sp³-hybridized carbons (Fsp3) is 0.259. The van der Waals surface area contributed by atoms with Gasteiger partial charge in [-0.05, 0) is 55.3 Å². The molecule has 0 heterocycles. The van der Waals surface area contributed by atoms with Crippen LogP contribution in [0.1, 0.15) is 13.8 Å². The molecule has 0 saturated heterocycles. The molecule has 0 aromatic heterocycles. The number of methoxy groups -OCH3 is 2. The fourth-order valence-corrected chi connectivity index (χ4v) is 4.64. The van der Waals surface area contributed by atoms with Gasteiger partial charge in [0.15, 0.2) is 34.6 Å². The Labute approximate surface area is 232 Å². The lowest BCUT2D eigenvalue weighted by Gasteiger charge is -2.22. The molecule has 0 atom stereocenters. The lowest BCUT2D eigenvalue weighted by atomic mass is 9.95. The van der Waals surface area contributed by atoms with E-state index >= 15 is 8.78 Å². The topological polar surface area (TPSA) is 114 Å². The largest absolute Gasteiger partial charge is 0.493 e. The Bertz CT molecular complexity index is 1640. The molecule has 0 bridgehead atoms. The molecule has 9 nitrogen and oxygen atoms in total. The summed E-state index contributed by atoms with van der Waals surface area (Å²) in [7, 11) is -5.70. The molecule has 216 valence electrons. The van der Waals surface area contributed by atoms with Crippen molar-refractivity contribution >= 4 is 20.2 Å². The maximum Gasteiger partial charge on any atom is 0.306 e. The molecule has 0 fully saturated rings. The van der Waals surface area contributed by atoms with Gasteiger partial charge >= 0.3 is 20.2 Å². The van der Waals surface area contributed by atoms with Gasteiger partial charge in [-0.3, -0.25) is 0 Å². The fourth-order valence-electron chi connectivity index (χ4n) is 3.71. The molecular formula is C27H28F2O9S2. The average Bonchev–Trinajstić information content (AvgIpc) is 2.84. The molecule has 3 aromatic carbocycles. The number of rotatable bonds is 11. The first-order valence-electron chi connectivity index (χ1n) is 11.6. The van der Waals surface area contributed by atoms with Gasteiger partial charge in [0.2, 0.25) is 0 Å². The highest BCUT2D eigenvalue weighted by Crippen LogP contribution is 2.53. The molecule has 0 aliphatic carbocycles. The zero-order valence-electron chi connectivity index (χ0n) is 22.6. The van der Waals surface area contributed by atoms with Gasteiger partial charge in [-0.2, -0.15) is 16.8 Å². The van der Waals surface area contributed by atoms with Gasteiger partial charge in [-0.15, -0.1) is 0 Å². The highest BCUT2D eigenvalue weighted by Gasteiger charge is 2.31. The number of ether oxygens (including phenoxy) is 3. The van der Waals surface area contributed by atoms with E-state index in [9.17, 15) is 16.8 Å². The minimum atomic E-state index is -4.21. The molecular weight excluding hydrogens is 570 g/mol. The smallest absolute Gasteiger partial charge is 0.306 e. The summed E-state index contributed by atoms with van der Waals surface area (Å²) in [4.78, 5) is 0. The highest BCUT2D eigenvalue weighted by atomic mass is 32.2. The number of hydrogen-bond donors (Lipinski definition) is 0. The van der Waals surface area contributed by atoms with Crippen LogP contribution < -0.4 is 22.6 Å². The zero-order chi connectivity index (χ0) is 29.8. The van der Waals surface area contributed by atoms with Crippen LogP contribution in [0.3, 0.4) is 0 Å². The molecule has 0 unspecified atom stereocenters. The van der Waals surface area contributed by atoms with Gasteiger partial charge in [0.05, 0.1) is 37.9 Å². The van der Waals surface area contributed by atoms with E-state index < -0.39 is 43.4 Å². The molecule has 0 amide bonds. The Balaban J connectivity index is 2.28. The van der Waals surface area contributed by atoms with E-state index in [-0.39, 0.29) is 46.1 Å². The summed E-state index contributed by atoms with van der Waals surface area (Å²) in [5, 5.41) is 0. The van der Waals surface area contributed by atoms with Crippen LogP contribution in [0, 0.1) is 11.6 Å². The van der Waals surface area contributed by atoms with Crippen LogP contribution in [-0.2, 0) is 20.2 Å². The van der Waals surface area contributed by atoms with Crippen molar-refractivity contribution in [1.29, 1.82) is 0 Å². The van der Waals surface area contributed by atoms with Crippen molar-refractivity contribution < 1.29 is 48.2 Å². The van der Waals surface area contributed by atoms with Crippen LogP contribution in [0.25, 0.3) is 22.3 Å². The molecule has 0 saturated carbocycles. The minimum absolute atomic E-state index is 0.0169. The Kier molecular flexibility index (Phi) is 9.31. The second-order valence-corrected chi connectivity index (χ2v) is 11.9. The van der Waals surface area contributed by atoms with Crippen LogP contribution in [-0.4, -0.2) is 50.2 Å². The van der Waals surface area contributed by atoms with Crippen molar-refractivity contribution in [2.24, 2.45) is 0 Å². The molecule has 0 spiro atoms. The Morgan fingerprint density at radius 3 is 1.85 bits per heavy atom. The minimum Gasteiger partial charge on any atom is -0.493 e. The van der Waals surface area contributed by atoms with Crippen molar-refractivity contribution in [3.05, 3.63) is 65.7 Å². The monoisotopic (exact) mass is 598 g/mol. The van der Waals surface area contributed by atoms with Crippen molar-refractivity contribution in [2.45, 2.75) is 13.8 Å². The predicted molar refractivity (Wildman–Crippen MR) is 146 cm³/mol. The maximum absolute atomic E-state index is 16.1. The van der Waals surface area contributed by atoms with Crippen molar-refractivity contribution in [2.75, 3.05) is 33.3 Å². The van der Waals surface area contributed by atoms with Gasteiger partial charge in [0.1, 0.15) is 12.4 Å². The molecule has 13 heteroatoms. The predicted octanol–water partition coefficient (Wildman–Crippen LogP) is 5.34. The molecule has 40 heavy (non-hydrogen) atoms. The number of allylic oxidation sites excluding steroid dienone is 1. The Morgan fingerprint density at radius 2 is 1.35 bits per heavy atom. The Morgan fingerprint density at radius 1 is 0.775 bits per heavy atom. The maximum atomic E-state index is 16.1. The summed E-state index contributed by atoms with van der Waals surface area (Å²) in [6.07, 6.45) is 3.41. The SMILES string of the molecule is COc1c(OS(C)(=O)=O)c(-c2ccc(OCC=C(C)C)c(F)c2)c(OC)c(F)c1-c1ccc(OS(C)(=O)=O)cc1. The molecule has 0 radical (unpaired) electrons. The molecule has 0 N–H and O–H groups in total. The number of hydrogen-bond acceptors (Lipinski definition) is 9. The standard InChI is InChI=1S/C27H28F2O9S2/c1-16(2)13-14-36-21-12-9-18(15-20(21)28)23-25(34-3)24(29)22(26(35-4)27(23)38-40(6,32)33)17-7-10-19(11-8-17)37-39(5,30)31/h7-13,15H,14H2,1-6H3. The van der Waals surface area contributed by atoms with E-state index in [2.05, 4.69) is 0 Å². The van der Waals surface area contributed by atoms with Crippen molar-refractivity contribution in [3.8, 4) is 51.0 Å². The number of halogens is 2. The van der Waals surface area contributed by atoms with E-state index in [1.165, 1.54) is 43.5 Å². The van der Waals surface area contributed by atoms with Crippen LogP contribution in [0.2, 0.25) is 0 Å². The summed E-state index contributed by atoms with van der Waals surface area (Å²) in [6, 6.07) is 8.95. The van der Waals surface area contributed by atoms with E-state index in [0.717, 1.165) is 31.3 Å². The van der Waals surface area contributed by atoms with Crippen LogP contribution >= 0.6 is 0 Å². The zero-order valence-corrected chi connectivity index (χ0v) is 24.2. The van der Waals surface area contributed by atoms with Gasteiger partial charge in [-0.25, -0.2) is 8.78 Å². The molecule has 0 aliphatic rings. The van der Waals surface area contributed by atoms with Gasteiger partial charge in [-0.1, -0.05) is 23.8 Å². The lowest BCUT2D eigenvalue weighted by molar-refractivity contribution is 0.341. The molecule has 3 aromatic rings. The lowest BCUT2D eigenvalue weighted by Crippen LogP contribution is -2.10. The second kappa shape index (κ2) is 12.1. The summed E-state index contributed by atoms with van der Waals surface area (Å²) in [6.45, 7) is 3.85. The normalized spacial score (nSPS) is 11.5. The number of benzene rings is 3. The van der Waals surface area contributed by atoms with Crippen molar-refractivity contribution in [3.63, 3.8) is 0 Å². The quantitative estimate of drug-likeness (QED) is 0.213. The average molecular weight is 599 g/mol. The Hall–Kier alpha value is -3.84. The third kappa shape index (κ3) is 7.42. The highest BCUT2D eigenvalue weighted by molar-refractivity contribution is 7.86. The van der Waals surface area contributed by atoms with Gasteiger partial charge in [0, 0.05) is 0 Å². The third-order valence-corrected chi connectivity index (χ3v) is 6.26. The summed E-state index contributed by atoms with van der Waals surface area (Å²) in [5.41, 5.74) is 0.660. The van der Waals surface area contributed by atoms with Crippen LogP contribution in [0.5, 0.6) is 28.7 Å². The first-order chi connectivity index (χ1) is 18.6. The van der Waals surface area contributed by atoms with Gasteiger partial charge < -0.3 is 22.6 Å². The molecule has 3 rings (SSSR count). The summed E-state index contributed by atoms with van der Waals surface area (Å²) in [5.74, 6) is -3.13. The first-order valence-corrected chi connectivity index (χ1v) is 15.2. The van der Waals surface area contributed by atoms with Gasteiger partial charge in [0.25, 0.3) is 0 Å². The van der Waals surface area contributed by atoms with E-state index in [4.69, 9.17) is 22.6 Å². The summed E-state index contributed by atoms with van der Waals surface area (Å²) >= 11 is 0. The third-order valence-electron chi connectivity index (χ3n) is 5.29. The summed E-state index contributed by atoms with van der Waals surface area (Å²) < 4.78 is 105. The second-order valence-electron chi connectivity index (χ2n) is 8.80. The molecule has 0 aliphatic heterocycles. The first kappa shape index (κ1) is 30.7.